The highest BCUT2D eigenvalue weighted by atomic mass is 35.5. The van der Waals surface area contributed by atoms with Gasteiger partial charge in [0.1, 0.15) is 0 Å². The zero-order valence-corrected chi connectivity index (χ0v) is 15.8. The summed E-state index contributed by atoms with van der Waals surface area (Å²) >= 11 is 6.07. The summed E-state index contributed by atoms with van der Waals surface area (Å²) in [5.41, 5.74) is 3.77. The molecule has 0 unspecified atom stereocenters. The minimum Gasteiger partial charge on any atom is -0.454 e. The third-order valence-corrected chi connectivity index (χ3v) is 5.27. The number of pyridine rings is 1. The van der Waals surface area contributed by atoms with Gasteiger partial charge in [-0.05, 0) is 29.8 Å². The van der Waals surface area contributed by atoms with Crippen molar-refractivity contribution in [3.05, 3.63) is 53.1 Å². The molecule has 1 saturated heterocycles. The predicted octanol–water partition coefficient (Wildman–Crippen LogP) is 3.22. The lowest BCUT2D eigenvalue weighted by molar-refractivity contribution is -0.124. The molecule has 5 rings (SSSR count). The third-order valence-electron chi connectivity index (χ3n) is 5.02. The van der Waals surface area contributed by atoms with Crippen LogP contribution in [-0.2, 0) is 11.3 Å². The van der Waals surface area contributed by atoms with E-state index in [0.717, 1.165) is 40.0 Å². The van der Waals surface area contributed by atoms with E-state index >= 15 is 0 Å². The van der Waals surface area contributed by atoms with Crippen molar-refractivity contribution in [2.75, 3.05) is 26.4 Å². The van der Waals surface area contributed by atoms with Crippen molar-refractivity contribution in [2.45, 2.75) is 6.54 Å². The third kappa shape index (κ3) is 3.25. The van der Waals surface area contributed by atoms with Crippen molar-refractivity contribution in [3.63, 3.8) is 0 Å². The summed E-state index contributed by atoms with van der Waals surface area (Å²) in [5.74, 6) is 1.50. The van der Waals surface area contributed by atoms with E-state index in [9.17, 15) is 4.79 Å². The maximum absolute atomic E-state index is 11.8. The van der Waals surface area contributed by atoms with E-state index in [2.05, 4.69) is 16.3 Å². The minimum atomic E-state index is 0.0522. The molecule has 142 valence electrons. The molecular weight excluding hydrogens is 378 g/mol. The molecule has 1 N–H and O–H groups in total. The highest BCUT2D eigenvalue weighted by molar-refractivity contribution is 6.30. The van der Waals surface area contributed by atoms with Crippen LogP contribution in [-0.4, -0.2) is 42.2 Å². The van der Waals surface area contributed by atoms with Crippen LogP contribution < -0.4 is 14.8 Å². The van der Waals surface area contributed by atoms with Crippen LogP contribution in [0.1, 0.15) is 5.56 Å². The summed E-state index contributed by atoms with van der Waals surface area (Å²) in [4.78, 5) is 18.8. The lowest BCUT2D eigenvalue weighted by Crippen LogP contribution is -2.47. The number of nitrogens with one attached hydrogen (secondary N) is 1. The highest BCUT2D eigenvalue weighted by Crippen LogP contribution is 2.37. The number of carbonyl (C=O) groups excluding carboxylic acids is 1. The molecule has 1 fully saturated rings. The Morgan fingerprint density at radius 2 is 1.89 bits per heavy atom. The quantitative estimate of drug-likeness (QED) is 0.737. The topological polar surface area (TPSA) is 63.7 Å². The molecule has 3 heterocycles. The number of hydrogen-bond acceptors (Lipinski definition) is 5. The van der Waals surface area contributed by atoms with Crippen LogP contribution in [0.25, 0.3) is 22.2 Å². The number of aromatic nitrogens is 1. The zero-order chi connectivity index (χ0) is 19.1. The number of piperazine rings is 1. The van der Waals surface area contributed by atoms with Crippen LogP contribution in [0.5, 0.6) is 11.5 Å². The fourth-order valence-corrected chi connectivity index (χ4v) is 3.78. The van der Waals surface area contributed by atoms with Crippen LogP contribution in [0.4, 0.5) is 0 Å². The second kappa shape index (κ2) is 6.96. The summed E-state index contributed by atoms with van der Waals surface area (Å²) in [6.45, 7) is 2.73. The smallest absolute Gasteiger partial charge is 0.234 e. The normalized spacial score (nSPS) is 16.4. The van der Waals surface area contributed by atoms with E-state index in [1.165, 1.54) is 0 Å². The Balaban J connectivity index is 1.62. The van der Waals surface area contributed by atoms with E-state index in [1.807, 2.05) is 36.4 Å². The molecule has 28 heavy (non-hydrogen) atoms. The van der Waals surface area contributed by atoms with Crippen LogP contribution in [0.2, 0.25) is 5.02 Å². The molecule has 0 saturated carbocycles. The van der Waals surface area contributed by atoms with Gasteiger partial charge in [-0.2, -0.15) is 0 Å². The highest BCUT2D eigenvalue weighted by Gasteiger charge is 2.21. The number of benzene rings is 2. The lowest BCUT2D eigenvalue weighted by Gasteiger charge is -2.27. The summed E-state index contributed by atoms with van der Waals surface area (Å²) < 4.78 is 11.0. The van der Waals surface area contributed by atoms with E-state index in [1.54, 1.807) is 0 Å². The fourth-order valence-electron chi connectivity index (χ4n) is 3.65. The van der Waals surface area contributed by atoms with Crippen molar-refractivity contribution in [1.29, 1.82) is 0 Å². The van der Waals surface area contributed by atoms with Gasteiger partial charge in [-0.25, -0.2) is 4.98 Å². The molecule has 0 aliphatic carbocycles. The molecule has 2 aromatic carbocycles. The summed E-state index contributed by atoms with van der Waals surface area (Å²) in [5, 5.41) is 4.53. The van der Waals surface area contributed by atoms with E-state index < -0.39 is 0 Å². The lowest BCUT2D eigenvalue weighted by atomic mass is 10.0. The first-order valence-electron chi connectivity index (χ1n) is 9.14. The largest absolute Gasteiger partial charge is 0.454 e. The van der Waals surface area contributed by atoms with Gasteiger partial charge in [-0.1, -0.05) is 23.7 Å². The van der Waals surface area contributed by atoms with Crippen LogP contribution in [0.15, 0.2) is 42.5 Å². The van der Waals surface area contributed by atoms with Gasteiger partial charge in [0.2, 0.25) is 12.7 Å². The maximum atomic E-state index is 11.8. The van der Waals surface area contributed by atoms with Crippen molar-refractivity contribution in [3.8, 4) is 22.8 Å². The zero-order valence-electron chi connectivity index (χ0n) is 15.1. The minimum absolute atomic E-state index is 0.0522. The molecule has 1 amide bonds. The number of nitrogens with zero attached hydrogens (tertiary/aromatic N) is 2. The molecule has 0 radical (unpaired) electrons. The average molecular weight is 396 g/mol. The molecule has 0 bridgehead atoms. The summed E-state index contributed by atoms with van der Waals surface area (Å²) in [7, 11) is 0. The molecule has 1 aromatic heterocycles. The Morgan fingerprint density at radius 1 is 1.11 bits per heavy atom. The number of halogens is 1. The number of amides is 1. The van der Waals surface area contributed by atoms with Crippen molar-refractivity contribution < 1.29 is 14.3 Å². The average Bonchev–Trinajstić information content (AvgIpc) is 3.14. The van der Waals surface area contributed by atoms with Gasteiger partial charge in [0.05, 0.1) is 17.8 Å². The number of ether oxygens (including phenoxy) is 2. The van der Waals surface area contributed by atoms with Gasteiger partial charge in [0.15, 0.2) is 11.5 Å². The first-order valence-corrected chi connectivity index (χ1v) is 9.52. The van der Waals surface area contributed by atoms with E-state index in [4.69, 9.17) is 26.1 Å². The summed E-state index contributed by atoms with van der Waals surface area (Å²) in [6, 6.07) is 13.7. The van der Waals surface area contributed by atoms with Crippen LogP contribution in [0, 0.1) is 0 Å². The molecule has 2 aliphatic heterocycles. The number of carbonyl (C=O) groups is 1. The maximum Gasteiger partial charge on any atom is 0.234 e. The first kappa shape index (κ1) is 17.3. The Morgan fingerprint density at radius 3 is 2.68 bits per heavy atom. The van der Waals surface area contributed by atoms with Crippen LogP contribution in [0.3, 0.4) is 0 Å². The van der Waals surface area contributed by atoms with Gasteiger partial charge in [-0.15, -0.1) is 0 Å². The number of rotatable bonds is 3. The Hall–Kier alpha value is -2.83. The van der Waals surface area contributed by atoms with Gasteiger partial charge < -0.3 is 14.8 Å². The molecule has 7 heteroatoms. The van der Waals surface area contributed by atoms with Gasteiger partial charge in [0, 0.05) is 41.7 Å². The van der Waals surface area contributed by atoms with E-state index in [0.29, 0.717) is 30.4 Å². The van der Waals surface area contributed by atoms with Crippen LogP contribution >= 0.6 is 11.6 Å². The monoisotopic (exact) mass is 395 g/mol. The molecule has 6 nitrogen and oxygen atoms in total. The Bertz CT molecular complexity index is 1070. The SMILES string of the molecule is O=C1CN(Cc2cc3cc4c(cc3nc2-c2ccc(Cl)cc2)OCO4)CCN1. The molecule has 0 spiro atoms. The van der Waals surface area contributed by atoms with Gasteiger partial charge >= 0.3 is 0 Å². The van der Waals surface area contributed by atoms with Crippen molar-refractivity contribution >= 4 is 28.4 Å². The first-order chi connectivity index (χ1) is 13.7. The number of fused-ring (bicyclic) bond motifs is 2. The molecule has 2 aliphatic rings. The van der Waals surface area contributed by atoms with Crippen molar-refractivity contribution in [1.82, 2.24) is 15.2 Å². The molecular formula is C21H18ClN3O3. The number of hydrogen-bond donors (Lipinski definition) is 1. The van der Waals surface area contributed by atoms with E-state index in [-0.39, 0.29) is 12.7 Å². The molecule has 0 atom stereocenters. The standard InChI is InChI=1S/C21H18ClN3O3/c22-16-3-1-13(2-4-16)21-15(10-25-6-5-23-20(26)11-25)7-14-8-18-19(28-12-27-18)9-17(14)24-21/h1-4,7-9H,5-6,10-12H2,(H,23,26). The second-order valence-electron chi connectivity index (χ2n) is 6.96. The Kier molecular flexibility index (Phi) is 4.30. The van der Waals surface area contributed by atoms with Gasteiger partial charge in [-0.3, -0.25) is 9.69 Å². The van der Waals surface area contributed by atoms with Crippen molar-refractivity contribution in [2.24, 2.45) is 0 Å². The van der Waals surface area contributed by atoms with Gasteiger partial charge in [0.25, 0.3) is 0 Å². The molecule has 3 aromatic rings. The fraction of sp³-hybridized carbons (Fsp3) is 0.238. The second-order valence-corrected chi connectivity index (χ2v) is 7.40. The predicted molar refractivity (Wildman–Crippen MR) is 107 cm³/mol. The Labute approximate surface area is 167 Å². The summed E-state index contributed by atoms with van der Waals surface area (Å²) in [6.07, 6.45) is 0.